The molecule has 88 valence electrons. The lowest BCUT2D eigenvalue weighted by atomic mass is 10.1. The minimum absolute atomic E-state index is 0.340. The molecule has 0 saturated heterocycles. The summed E-state index contributed by atoms with van der Waals surface area (Å²) in [5.74, 6) is 1.22. The van der Waals surface area contributed by atoms with Crippen molar-refractivity contribution in [3.8, 4) is 11.3 Å². The first kappa shape index (κ1) is 11.7. The number of benzene rings is 1. The molecular formula is C14H17N3. The lowest BCUT2D eigenvalue weighted by Crippen LogP contribution is -1.99. The third-order valence-electron chi connectivity index (χ3n) is 2.65. The van der Waals surface area contributed by atoms with E-state index in [0.29, 0.717) is 12.5 Å². The summed E-state index contributed by atoms with van der Waals surface area (Å²) in [5, 5.41) is 0. The van der Waals surface area contributed by atoms with E-state index in [2.05, 4.69) is 29.9 Å². The van der Waals surface area contributed by atoms with Gasteiger partial charge in [0.2, 0.25) is 0 Å². The van der Waals surface area contributed by atoms with E-state index in [0.717, 1.165) is 22.6 Å². The van der Waals surface area contributed by atoms with Crippen molar-refractivity contribution >= 4 is 0 Å². The van der Waals surface area contributed by atoms with Crippen LogP contribution in [0.4, 0.5) is 0 Å². The number of nitrogens with zero attached hydrogens (tertiary/aromatic N) is 2. The minimum Gasteiger partial charge on any atom is -0.326 e. The van der Waals surface area contributed by atoms with Crippen LogP contribution in [0.15, 0.2) is 36.5 Å². The van der Waals surface area contributed by atoms with Crippen molar-refractivity contribution in [2.45, 2.75) is 26.3 Å². The first-order valence-electron chi connectivity index (χ1n) is 5.83. The molecule has 0 amide bonds. The van der Waals surface area contributed by atoms with Crippen LogP contribution in [0.3, 0.4) is 0 Å². The van der Waals surface area contributed by atoms with Crippen molar-refractivity contribution in [2.24, 2.45) is 5.73 Å². The van der Waals surface area contributed by atoms with Crippen LogP contribution in [0.1, 0.15) is 31.2 Å². The molecule has 3 heteroatoms. The van der Waals surface area contributed by atoms with Crippen LogP contribution >= 0.6 is 0 Å². The average Bonchev–Trinajstić information content (AvgIpc) is 2.39. The monoisotopic (exact) mass is 227 g/mol. The van der Waals surface area contributed by atoms with E-state index in [-0.39, 0.29) is 0 Å². The van der Waals surface area contributed by atoms with Crippen molar-refractivity contribution in [1.82, 2.24) is 9.97 Å². The Bertz CT molecular complexity index is 506. The fourth-order valence-electron chi connectivity index (χ4n) is 1.67. The number of aromatic nitrogens is 2. The summed E-state index contributed by atoms with van der Waals surface area (Å²) < 4.78 is 0. The average molecular weight is 227 g/mol. The predicted octanol–water partition coefficient (Wildman–Crippen LogP) is 2.73. The maximum atomic E-state index is 5.64. The molecule has 0 aliphatic rings. The summed E-state index contributed by atoms with van der Waals surface area (Å²) in [7, 11) is 0. The Balaban J connectivity index is 2.41. The van der Waals surface area contributed by atoms with E-state index in [4.69, 9.17) is 5.73 Å². The summed E-state index contributed by atoms with van der Waals surface area (Å²) >= 11 is 0. The van der Waals surface area contributed by atoms with Crippen molar-refractivity contribution in [2.75, 3.05) is 0 Å². The molecule has 2 aromatic rings. The molecule has 17 heavy (non-hydrogen) atoms. The molecule has 0 spiro atoms. The van der Waals surface area contributed by atoms with Gasteiger partial charge in [-0.2, -0.15) is 0 Å². The first-order chi connectivity index (χ1) is 8.20. The Labute approximate surface area is 102 Å². The van der Waals surface area contributed by atoms with Gasteiger partial charge in [0.15, 0.2) is 0 Å². The number of hydrogen-bond acceptors (Lipinski definition) is 3. The van der Waals surface area contributed by atoms with Gasteiger partial charge in [0.25, 0.3) is 0 Å². The van der Waals surface area contributed by atoms with E-state index < -0.39 is 0 Å². The second-order valence-corrected chi connectivity index (χ2v) is 4.36. The Morgan fingerprint density at radius 1 is 1.24 bits per heavy atom. The van der Waals surface area contributed by atoms with Crippen molar-refractivity contribution in [3.05, 3.63) is 47.9 Å². The second kappa shape index (κ2) is 5.06. The molecule has 0 fully saturated rings. The van der Waals surface area contributed by atoms with Crippen LogP contribution in [-0.4, -0.2) is 9.97 Å². The zero-order chi connectivity index (χ0) is 12.3. The maximum Gasteiger partial charge on any atom is 0.131 e. The van der Waals surface area contributed by atoms with E-state index in [1.54, 1.807) is 0 Å². The van der Waals surface area contributed by atoms with Gasteiger partial charge in [0.05, 0.1) is 5.69 Å². The molecule has 2 N–H and O–H groups in total. The van der Waals surface area contributed by atoms with E-state index in [1.165, 1.54) is 0 Å². The Morgan fingerprint density at radius 3 is 2.76 bits per heavy atom. The minimum atomic E-state index is 0.340. The fourth-order valence-corrected chi connectivity index (χ4v) is 1.67. The normalized spacial score (nSPS) is 10.8. The lowest BCUT2D eigenvalue weighted by molar-refractivity contribution is 0.776. The van der Waals surface area contributed by atoms with Gasteiger partial charge in [-0.25, -0.2) is 9.97 Å². The molecule has 3 nitrogen and oxygen atoms in total. The van der Waals surface area contributed by atoms with E-state index >= 15 is 0 Å². The third kappa shape index (κ3) is 2.68. The highest BCUT2D eigenvalue weighted by Crippen LogP contribution is 2.19. The van der Waals surface area contributed by atoms with Gasteiger partial charge in [-0.05, 0) is 17.7 Å². The number of rotatable bonds is 3. The topological polar surface area (TPSA) is 51.8 Å². The highest BCUT2D eigenvalue weighted by Gasteiger charge is 2.05. The summed E-state index contributed by atoms with van der Waals surface area (Å²) in [5.41, 5.74) is 8.81. The Hall–Kier alpha value is -1.74. The standard InChI is InChI=1S/C14H17N3/c1-10(2)14-16-7-6-13(17-14)12-5-3-4-11(8-12)9-15/h3-8,10H,9,15H2,1-2H3. The molecule has 0 unspecified atom stereocenters. The zero-order valence-electron chi connectivity index (χ0n) is 10.2. The second-order valence-electron chi connectivity index (χ2n) is 4.36. The smallest absolute Gasteiger partial charge is 0.131 e. The first-order valence-corrected chi connectivity index (χ1v) is 5.83. The SMILES string of the molecule is CC(C)c1nccc(-c2cccc(CN)c2)n1. The van der Waals surface area contributed by atoms with E-state index in [9.17, 15) is 0 Å². The summed E-state index contributed by atoms with van der Waals surface area (Å²) in [4.78, 5) is 8.84. The van der Waals surface area contributed by atoms with Gasteiger partial charge in [0, 0.05) is 24.2 Å². The largest absolute Gasteiger partial charge is 0.326 e. The lowest BCUT2D eigenvalue weighted by Gasteiger charge is -2.07. The van der Waals surface area contributed by atoms with Crippen molar-refractivity contribution < 1.29 is 0 Å². The van der Waals surface area contributed by atoms with Crippen molar-refractivity contribution in [1.29, 1.82) is 0 Å². The van der Waals surface area contributed by atoms with Gasteiger partial charge in [-0.3, -0.25) is 0 Å². The van der Waals surface area contributed by atoms with Crippen LogP contribution in [0.25, 0.3) is 11.3 Å². The summed E-state index contributed by atoms with van der Waals surface area (Å²) in [6.07, 6.45) is 1.81. The van der Waals surface area contributed by atoms with Crippen LogP contribution < -0.4 is 5.73 Å². The quantitative estimate of drug-likeness (QED) is 0.877. The van der Waals surface area contributed by atoms with Gasteiger partial charge in [-0.1, -0.05) is 32.0 Å². The molecule has 1 aromatic carbocycles. The Kier molecular flexibility index (Phi) is 3.49. The molecule has 0 aliphatic carbocycles. The fraction of sp³-hybridized carbons (Fsp3) is 0.286. The Morgan fingerprint density at radius 2 is 2.06 bits per heavy atom. The van der Waals surface area contributed by atoms with E-state index in [1.807, 2.05) is 30.5 Å². The van der Waals surface area contributed by atoms with Crippen LogP contribution in [0.5, 0.6) is 0 Å². The van der Waals surface area contributed by atoms with Crippen LogP contribution in [0.2, 0.25) is 0 Å². The van der Waals surface area contributed by atoms with Crippen LogP contribution in [0, 0.1) is 0 Å². The molecule has 0 radical (unpaired) electrons. The molecule has 2 rings (SSSR count). The third-order valence-corrected chi connectivity index (χ3v) is 2.65. The highest BCUT2D eigenvalue weighted by atomic mass is 14.9. The highest BCUT2D eigenvalue weighted by molar-refractivity contribution is 5.59. The van der Waals surface area contributed by atoms with Crippen molar-refractivity contribution in [3.63, 3.8) is 0 Å². The molecule has 1 heterocycles. The maximum absolute atomic E-state index is 5.64. The van der Waals surface area contributed by atoms with Crippen LogP contribution in [-0.2, 0) is 6.54 Å². The summed E-state index contributed by atoms with van der Waals surface area (Å²) in [6.45, 7) is 4.74. The number of hydrogen-bond donors (Lipinski definition) is 1. The molecule has 1 aromatic heterocycles. The molecule has 0 atom stereocenters. The van der Waals surface area contributed by atoms with Gasteiger partial charge >= 0.3 is 0 Å². The number of nitrogens with two attached hydrogens (primary N) is 1. The van der Waals surface area contributed by atoms with Gasteiger partial charge < -0.3 is 5.73 Å². The van der Waals surface area contributed by atoms with Gasteiger partial charge in [0.1, 0.15) is 5.82 Å². The predicted molar refractivity (Wildman–Crippen MR) is 69.4 cm³/mol. The van der Waals surface area contributed by atoms with Gasteiger partial charge in [-0.15, -0.1) is 0 Å². The molecule has 0 saturated carbocycles. The molecule has 0 aliphatic heterocycles. The molecule has 0 bridgehead atoms. The zero-order valence-corrected chi connectivity index (χ0v) is 10.2. The summed E-state index contributed by atoms with van der Waals surface area (Å²) in [6, 6.07) is 10.1. The molecular weight excluding hydrogens is 210 g/mol.